The summed E-state index contributed by atoms with van der Waals surface area (Å²) in [5.74, 6) is 2.55. The molecule has 1 atom stereocenters. The normalized spacial score (nSPS) is 14.3. The molecule has 0 fully saturated rings. The zero-order valence-electron chi connectivity index (χ0n) is 13.6. The van der Waals surface area contributed by atoms with Crippen LogP contribution in [-0.4, -0.2) is 38.7 Å². The average Bonchev–Trinajstić information content (AvgIpc) is 3.18. The lowest BCUT2D eigenvalue weighted by atomic mass is 10.2. The van der Waals surface area contributed by atoms with E-state index in [-0.39, 0.29) is 5.91 Å². The molecule has 2 aromatic rings. The van der Waals surface area contributed by atoms with E-state index in [1.54, 1.807) is 11.9 Å². The molecule has 1 aliphatic rings. The number of aryl methyl sites for hydroxylation is 1. The van der Waals surface area contributed by atoms with Crippen molar-refractivity contribution in [3.05, 3.63) is 42.0 Å². The van der Waals surface area contributed by atoms with Gasteiger partial charge in [-0.15, -0.1) is 10.2 Å². The largest absolute Gasteiger partial charge is 0.481 e. The number of carbonyl (C=O) groups is 1. The van der Waals surface area contributed by atoms with Crippen molar-refractivity contribution in [2.45, 2.75) is 45.4 Å². The molecule has 1 aromatic heterocycles. The minimum absolute atomic E-state index is 0.0355. The van der Waals surface area contributed by atoms with E-state index in [9.17, 15) is 4.79 Å². The number of ether oxygens (including phenoxy) is 1. The molecule has 0 saturated carbocycles. The summed E-state index contributed by atoms with van der Waals surface area (Å²) in [6.07, 6.45) is 2.21. The third-order valence-electron chi connectivity index (χ3n) is 4.11. The summed E-state index contributed by atoms with van der Waals surface area (Å²) in [7, 11) is 1.79. The van der Waals surface area contributed by atoms with Gasteiger partial charge < -0.3 is 14.2 Å². The van der Waals surface area contributed by atoms with Crippen LogP contribution >= 0.6 is 0 Å². The molecule has 2 heterocycles. The lowest BCUT2D eigenvalue weighted by Crippen LogP contribution is -2.39. The first-order valence-electron chi connectivity index (χ1n) is 8.06. The van der Waals surface area contributed by atoms with Crippen LogP contribution in [0.25, 0.3) is 0 Å². The van der Waals surface area contributed by atoms with Crippen molar-refractivity contribution in [1.29, 1.82) is 0 Å². The number of likely N-dealkylation sites (N-methyl/N-ethyl adjacent to an activating group) is 1. The van der Waals surface area contributed by atoms with Crippen molar-refractivity contribution < 1.29 is 9.53 Å². The fourth-order valence-corrected chi connectivity index (χ4v) is 2.84. The van der Waals surface area contributed by atoms with Crippen LogP contribution in [0.4, 0.5) is 0 Å². The second kappa shape index (κ2) is 6.81. The lowest BCUT2D eigenvalue weighted by molar-refractivity contribution is -0.138. The topological polar surface area (TPSA) is 60.2 Å². The summed E-state index contributed by atoms with van der Waals surface area (Å²) in [6.45, 7) is 3.35. The first-order valence-corrected chi connectivity index (χ1v) is 8.06. The van der Waals surface area contributed by atoms with Crippen LogP contribution in [0.3, 0.4) is 0 Å². The van der Waals surface area contributed by atoms with Gasteiger partial charge >= 0.3 is 0 Å². The van der Waals surface area contributed by atoms with Crippen LogP contribution in [-0.2, 0) is 24.3 Å². The van der Waals surface area contributed by atoms with Gasteiger partial charge in [0, 0.05) is 20.0 Å². The minimum atomic E-state index is -0.483. The van der Waals surface area contributed by atoms with Crippen molar-refractivity contribution in [2.24, 2.45) is 0 Å². The maximum atomic E-state index is 12.6. The molecule has 6 heteroatoms. The van der Waals surface area contributed by atoms with E-state index < -0.39 is 6.10 Å². The third-order valence-corrected chi connectivity index (χ3v) is 4.11. The molecular formula is C17H22N4O2. The number of benzene rings is 1. The number of aromatic nitrogens is 3. The lowest BCUT2D eigenvalue weighted by Gasteiger charge is -2.23. The Hall–Kier alpha value is -2.37. The highest BCUT2D eigenvalue weighted by Gasteiger charge is 2.25. The van der Waals surface area contributed by atoms with Crippen molar-refractivity contribution in [2.75, 3.05) is 7.05 Å². The summed E-state index contributed by atoms with van der Waals surface area (Å²) >= 11 is 0. The van der Waals surface area contributed by atoms with E-state index in [1.807, 2.05) is 37.3 Å². The summed E-state index contributed by atoms with van der Waals surface area (Å²) in [5.41, 5.74) is 0. The Morgan fingerprint density at radius 1 is 1.35 bits per heavy atom. The molecule has 0 radical (unpaired) electrons. The monoisotopic (exact) mass is 314 g/mol. The average molecular weight is 314 g/mol. The standard InChI is InChI=1S/C17H22N4O2/c1-3-14(23-13-8-5-4-6-9-13)17(22)20(2)12-16-19-18-15-10-7-11-21(15)16/h4-6,8-9,14H,3,7,10-12H2,1-2H3/t14-/m1/s1. The number of hydrogen-bond acceptors (Lipinski definition) is 4. The van der Waals surface area contributed by atoms with E-state index in [0.717, 1.165) is 31.0 Å². The number of carbonyl (C=O) groups excluding carboxylic acids is 1. The van der Waals surface area contributed by atoms with E-state index in [4.69, 9.17) is 4.74 Å². The first-order chi connectivity index (χ1) is 11.2. The highest BCUT2D eigenvalue weighted by molar-refractivity contribution is 5.80. The highest BCUT2D eigenvalue weighted by atomic mass is 16.5. The molecule has 3 rings (SSSR count). The van der Waals surface area contributed by atoms with Gasteiger partial charge in [-0.05, 0) is 25.0 Å². The zero-order valence-corrected chi connectivity index (χ0v) is 13.6. The number of hydrogen-bond donors (Lipinski definition) is 0. The smallest absolute Gasteiger partial charge is 0.263 e. The molecule has 0 spiro atoms. The van der Waals surface area contributed by atoms with E-state index in [1.165, 1.54) is 0 Å². The molecule has 0 bridgehead atoms. The molecule has 1 aliphatic heterocycles. The number of nitrogens with zero attached hydrogens (tertiary/aromatic N) is 4. The summed E-state index contributed by atoms with van der Waals surface area (Å²) in [6, 6.07) is 9.45. The van der Waals surface area contributed by atoms with Gasteiger partial charge in [-0.25, -0.2) is 0 Å². The SMILES string of the molecule is CC[C@@H](Oc1ccccc1)C(=O)N(C)Cc1nnc2n1CCC2. The summed E-state index contributed by atoms with van der Waals surface area (Å²) < 4.78 is 7.94. The number of para-hydroxylation sites is 1. The van der Waals surface area contributed by atoms with Crippen molar-refractivity contribution in [3.63, 3.8) is 0 Å². The van der Waals surface area contributed by atoms with E-state index in [2.05, 4.69) is 14.8 Å². The molecule has 23 heavy (non-hydrogen) atoms. The molecule has 0 saturated heterocycles. The van der Waals surface area contributed by atoms with Gasteiger partial charge in [0.05, 0.1) is 6.54 Å². The van der Waals surface area contributed by atoms with Gasteiger partial charge in [0.15, 0.2) is 11.9 Å². The Labute approximate surface area is 136 Å². The second-order valence-corrected chi connectivity index (χ2v) is 5.81. The second-order valence-electron chi connectivity index (χ2n) is 5.81. The van der Waals surface area contributed by atoms with Crippen LogP contribution in [0.5, 0.6) is 5.75 Å². The molecule has 6 nitrogen and oxygen atoms in total. The Morgan fingerprint density at radius 3 is 2.87 bits per heavy atom. The van der Waals surface area contributed by atoms with Gasteiger partial charge in [-0.2, -0.15) is 0 Å². The minimum Gasteiger partial charge on any atom is -0.481 e. The summed E-state index contributed by atoms with van der Waals surface area (Å²) in [5, 5.41) is 8.39. The number of fused-ring (bicyclic) bond motifs is 1. The number of rotatable bonds is 6. The predicted molar refractivity (Wildman–Crippen MR) is 86.0 cm³/mol. The Balaban J connectivity index is 1.65. The molecule has 0 aliphatic carbocycles. The highest BCUT2D eigenvalue weighted by Crippen LogP contribution is 2.17. The zero-order chi connectivity index (χ0) is 16.2. The Morgan fingerprint density at radius 2 is 2.13 bits per heavy atom. The Bertz CT molecular complexity index is 668. The molecule has 1 aromatic carbocycles. The van der Waals surface area contributed by atoms with Crippen LogP contribution in [0.1, 0.15) is 31.4 Å². The van der Waals surface area contributed by atoms with Gasteiger partial charge in [0.2, 0.25) is 0 Å². The fraction of sp³-hybridized carbons (Fsp3) is 0.471. The van der Waals surface area contributed by atoms with Crippen LogP contribution in [0.15, 0.2) is 30.3 Å². The molecular weight excluding hydrogens is 292 g/mol. The maximum Gasteiger partial charge on any atom is 0.263 e. The Kier molecular flexibility index (Phi) is 4.60. The predicted octanol–water partition coefficient (Wildman–Crippen LogP) is 2.04. The van der Waals surface area contributed by atoms with Crippen LogP contribution < -0.4 is 4.74 Å². The molecule has 122 valence electrons. The number of amides is 1. The first kappa shape index (κ1) is 15.5. The quantitative estimate of drug-likeness (QED) is 0.818. The molecule has 0 N–H and O–H groups in total. The van der Waals surface area contributed by atoms with Crippen molar-refractivity contribution in [3.8, 4) is 5.75 Å². The van der Waals surface area contributed by atoms with Gasteiger partial charge in [-0.1, -0.05) is 25.1 Å². The van der Waals surface area contributed by atoms with Crippen LogP contribution in [0, 0.1) is 0 Å². The molecule has 1 amide bonds. The van der Waals surface area contributed by atoms with Gasteiger partial charge in [0.25, 0.3) is 5.91 Å². The van der Waals surface area contributed by atoms with Crippen molar-refractivity contribution in [1.82, 2.24) is 19.7 Å². The fourth-order valence-electron chi connectivity index (χ4n) is 2.84. The van der Waals surface area contributed by atoms with E-state index >= 15 is 0 Å². The summed E-state index contributed by atoms with van der Waals surface area (Å²) in [4.78, 5) is 14.3. The van der Waals surface area contributed by atoms with Crippen LogP contribution in [0.2, 0.25) is 0 Å². The van der Waals surface area contributed by atoms with Crippen molar-refractivity contribution >= 4 is 5.91 Å². The van der Waals surface area contributed by atoms with Gasteiger partial charge in [0.1, 0.15) is 11.6 Å². The third kappa shape index (κ3) is 3.36. The molecule has 0 unspecified atom stereocenters. The van der Waals surface area contributed by atoms with Gasteiger partial charge in [-0.3, -0.25) is 4.79 Å². The maximum absolute atomic E-state index is 12.6. The van der Waals surface area contributed by atoms with E-state index in [0.29, 0.717) is 18.7 Å².